The van der Waals surface area contributed by atoms with Crippen LogP contribution in [-0.4, -0.2) is 6.36 Å². The molecule has 0 aromatic heterocycles. The van der Waals surface area contributed by atoms with Crippen LogP contribution < -0.4 is 4.74 Å². The van der Waals surface area contributed by atoms with Gasteiger partial charge in [-0.3, -0.25) is 0 Å². The maximum atomic E-state index is 12.6. The Kier molecular flexibility index (Phi) is 5.28. The molecule has 3 aromatic rings. The predicted molar refractivity (Wildman–Crippen MR) is 97.6 cm³/mol. The minimum absolute atomic E-state index is 0.150. The second-order valence-electron chi connectivity index (χ2n) is 5.79. The number of ether oxygens (including phenoxy) is 1. The highest BCUT2D eigenvalue weighted by atomic mass is 32.2. The van der Waals surface area contributed by atoms with E-state index in [2.05, 4.69) is 4.74 Å². The topological polar surface area (TPSA) is 9.23 Å². The van der Waals surface area contributed by atoms with Crippen molar-refractivity contribution in [3.05, 3.63) is 83.9 Å². The minimum atomic E-state index is -4.70. The second kappa shape index (κ2) is 7.46. The summed E-state index contributed by atoms with van der Waals surface area (Å²) in [5.41, 5.74) is 1.31. The van der Waals surface area contributed by atoms with E-state index >= 15 is 0 Å². The lowest BCUT2D eigenvalue weighted by molar-refractivity contribution is -0.274. The number of alkyl halides is 3. The molecule has 0 amide bonds. The molecule has 0 aliphatic carbocycles. The maximum Gasteiger partial charge on any atom is 0.573 e. The first-order chi connectivity index (χ1) is 12.4. The Bertz CT molecular complexity index is 838. The first-order valence-corrected chi connectivity index (χ1v) is 9.29. The lowest BCUT2D eigenvalue weighted by Crippen LogP contribution is -2.18. The summed E-state index contributed by atoms with van der Waals surface area (Å²) in [6, 6.07) is 23.1. The van der Waals surface area contributed by atoms with E-state index in [1.807, 2.05) is 67.6 Å². The van der Waals surface area contributed by atoms with Crippen molar-refractivity contribution in [2.75, 3.05) is 0 Å². The molecule has 0 bridgehead atoms. The number of hydrogen-bond acceptors (Lipinski definition) is 1. The molecular weight excluding hydrogens is 357 g/mol. The Morgan fingerprint density at radius 2 is 1.19 bits per heavy atom. The molecule has 0 fully saturated rings. The molecule has 0 atom stereocenters. The molecule has 0 unspecified atom stereocenters. The Morgan fingerprint density at radius 1 is 0.692 bits per heavy atom. The van der Waals surface area contributed by atoms with E-state index < -0.39 is 17.3 Å². The van der Waals surface area contributed by atoms with E-state index in [9.17, 15) is 13.2 Å². The van der Waals surface area contributed by atoms with E-state index in [4.69, 9.17) is 0 Å². The fourth-order valence-corrected chi connectivity index (χ4v) is 5.03. The van der Waals surface area contributed by atoms with Crippen molar-refractivity contribution in [1.82, 2.24) is 0 Å². The summed E-state index contributed by atoms with van der Waals surface area (Å²) in [5, 5.41) is 0. The van der Waals surface area contributed by atoms with Gasteiger partial charge in [0.05, 0.1) is 10.9 Å². The van der Waals surface area contributed by atoms with Gasteiger partial charge >= 0.3 is 6.36 Å². The minimum Gasteiger partial charge on any atom is -0.405 e. The largest absolute Gasteiger partial charge is 0.573 e. The molecule has 0 heterocycles. The van der Waals surface area contributed by atoms with E-state index in [-0.39, 0.29) is 5.75 Å². The SMILES string of the molecule is Cc1c(OC(F)(F)F)ccc([S+](c2ccccc2)c2ccccc2)c1C. The van der Waals surface area contributed by atoms with Gasteiger partial charge in [0.2, 0.25) is 0 Å². The molecule has 0 saturated carbocycles. The number of benzene rings is 3. The highest BCUT2D eigenvalue weighted by Crippen LogP contribution is 2.37. The third-order valence-electron chi connectivity index (χ3n) is 4.09. The van der Waals surface area contributed by atoms with Gasteiger partial charge in [0, 0.05) is 5.56 Å². The van der Waals surface area contributed by atoms with Gasteiger partial charge in [-0.2, -0.15) is 0 Å². The second-order valence-corrected chi connectivity index (χ2v) is 7.79. The quantitative estimate of drug-likeness (QED) is 0.487. The average Bonchev–Trinajstić information content (AvgIpc) is 2.62. The van der Waals surface area contributed by atoms with Crippen LogP contribution in [0.1, 0.15) is 11.1 Å². The molecule has 3 rings (SSSR count). The van der Waals surface area contributed by atoms with Crippen LogP contribution in [0.4, 0.5) is 13.2 Å². The Labute approximate surface area is 153 Å². The first-order valence-electron chi connectivity index (χ1n) is 8.07. The molecule has 134 valence electrons. The molecule has 0 saturated heterocycles. The van der Waals surface area contributed by atoms with Crippen LogP contribution in [-0.2, 0) is 10.9 Å². The third-order valence-corrected chi connectivity index (χ3v) is 6.46. The van der Waals surface area contributed by atoms with Crippen LogP contribution in [0.3, 0.4) is 0 Å². The molecular formula is C21H18F3OS+. The summed E-state index contributed by atoms with van der Waals surface area (Å²) in [6.45, 7) is 3.51. The lowest BCUT2D eigenvalue weighted by Gasteiger charge is -2.16. The zero-order valence-corrected chi connectivity index (χ0v) is 15.2. The summed E-state index contributed by atoms with van der Waals surface area (Å²) in [6.07, 6.45) is -4.70. The Balaban J connectivity index is 2.12. The van der Waals surface area contributed by atoms with E-state index in [0.29, 0.717) is 5.56 Å². The van der Waals surface area contributed by atoms with Crippen LogP contribution in [0.25, 0.3) is 0 Å². The van der Waals surface area contributed by atoms with Crippen molar-refractivity contribution in [1.29, 1.82) is 0 Å². The van der Waals surface area contributed by atoms with Crippen molar-refractivity contribution in [3.8, 4) is 5.75 Å². The molecule has 0 spiro atoms. The van der Waals surface area contributed by atoms with Gasteiger partial charge in [-0.1, -0.05) is 36.4 Å². The van der Waals surface area contributed by atoms with Gasteiger partial charge < -0.3 is 4.74 Å². The monoisotopic (exact) mass is 375 g/mol. The summed E-state index contributed by atoms with van der Waals surface area (Å²) in [7, 11) is -0.405. The summed E-state index contributed by atoms with van der Waals surface area (Å²) < 4.78 is 42.0. The maximum absolute atomic E-state index is 12.6. The van der Waals surface area contributed by atoms with Crippen LogP contribution in [0.15, 0.2) is 87.5 Å². The van der Waals surface area contributed by atoms with Gasteiger partial charge in [-0.05, 0) is 55.8 Å². The van der Waals surface area contributed by atoms with Crippen LogP contribution in [0.2, 0.25) is 0 Å². The smallest absolute Gasteiger partial charge is 0.405 e. The lowest BCUT2D eigenvalue weighted by atomic mass is 10.1. The molecule has 5 heteroatoms. The molecule has 0 aliphatic heterocycles. The Hall–Kier alpha value is -2.40. The van der Waals surface area contributed by atoms with Crippen LogP contribution in [0.5, 0.6) is 5.75 Å². The van der Waals surface area contributed by atoms with E-state index in [1.54, 1.807) is 13.0 Å². The van der Waals surface area contributed by atoms with E-state index in [0.717, 1.165) is 20.2 Å². The van der Waals surface area contributed by atoms with Crippen molar-refractivity contribution in [3.63, 3.8) is 0 Å². The van der Waals surface area contributed by atoms with Crippen molar-refractivity contribution in [2.24, 2.45) is 0 Å². The zero-order chi connectivity index (χ0) is 18.7. The van der Waals surface area contributed by atoms with Crippen LogP contribution in [0, 0.1) is 13.8 Å². The van der Waals surface area contributed by atoms with Gasteiger partial charge in [0.15, 0.2) is 14.7 Å². The fraction of sp³-hybridized carbons (Fsp3) is 0.143. The van der Waals surface area contributed by atoms with Crippen molar-refractivity contribution >= 4 is 10.9 Å². The van der Waals surface area contributed by atoms with Gasteiger partial charge in [0.1, 0.15) is 5.75 Å². The fourth-order valence-electron chi connectivity index (χ4n) is 2.73. The third kappa shape index (κ3) is 4.05. The van der Waals surface area contributed by atoms with E-state index in [1.165, 1.54) is 6.07 Å². The van der Waals surface area contributed by atoms with Crippen LogP contribution >= 0.6 is 0 Å². The highest BCUT2D eigenvalue weighted by molar-refractivity contribution is 7.97. The molecule has 0 N–H and O–H groups in total. The normalized spacial score (nSPS) is 11.6. The number of halogens is 3. The number of hydrogen-bond donors (Lipinski definition) is 0. The standard InChI is InChI=1S/C21H18F3OS/c1-15-16(2)20(14-13-19(15)25-21(22,23)24)26(17-9-5-3-6-10-17)18-11-7-4-8-12-18/h3-14H,1-2H3/q+1. The van der Waals surface area contributed by atoms with Crippen molar-refractivity contribution in [2.45, 2.75) is 34.9 Å². The van der Waals surface area contributed by atoms with Crippen molar-refractivity contribution < 1.29 is 17.9 Å². The Morgan fingerprint density at radius 3 is 1.65 bits per heavy atom. The highest BCUT2D eigenvalue weighted by Gasteiger charge is 2.34. The first kappa shape index (κ1) is 18.4. The predicted octanol–water partition coefficient (Wildman–Crippen LogP) is 6.30. The van der Waals surface area contributed by atoms with Gasteiger partial charge in [-0.15, -0.1) is 13.2 Å². The summed E-state index contributed by atoms with van der Waals surface area (Å²) >= 11 is 0. The molecule has 26 heavy (non-hydrogen) atoms. The molecule has 3 aromatic carbocycles. The number of rotatable bonds is 4. The molecule has 0 aliphatic rings. The van der Waals surface area contributed by atoms with Gasteiger partial charge in [-0.25, -0.2) is 0 Å². The zero-order valence-electron chi connectivity index (χ0n) is 14.4. The summed E-state index contributed by atoms with van der Waals surface area (Å²) in [4.78, 5) is 3.23. The average molecular weight is 375 g/mol. The molecule has 1 nitrogen and oxygen atoms in total. The summed E-state index contributed by atoms with van der Waals surface area (Å²) in [5.74, 6) is -0.150. The molecule has 0 radical (unpaired) electrons. The van der Waals surface area contributed by atoms with Gasteiger partial charge in [0.25, 0.3) is 0 Å².